The van der Waals surface area contributed by atoms with Crippen molar-refractivity contribution in [2.24, 2.45) is 5.92 Å². The maximum absolute atomic E-state index is 12.7. The summed E-state index contributed by atoms with van der Waals surface area (Å²) in [7, 11) is 0. The van der Waals surface area contributed by atoms with Crippen LogP contribution in [-0.4, -0.2) is 46.8 Å². The minimum absolute atomic E-state index is 0.173. The Balaban J connectivity index is 1.49. The number of carbonyl (C=O) groups excluding carboxylic acids is 2. The highest BCUT2D eigenvalue weighted by Gasteiger charge is 2.45. The molecule has 2 aliphatic heterocycles. The van der Waals surface area contributed by atoms with Gasteiger partial charge in [0.2, 0.25) is 5.91 Å². The summed E-state index contributed by atoms with van der Waals surface area (Å²) >= 11 is 1.59. The molecule has 1 aromatic rings. The van der Waals surface area contributed by atoms with E-state index < -0.39 is 0 Å². The van der Waals surface area contributed by atoms with Gasteiger partial charge in [0, 0.05) is 37.0 Å². The molecular weight excluding hydrogens is 296 g/mol. The summed E-state index contributed by atoms with van der Waals surface area (Å²) in [5.41, 5.74) is 1.94. The maximum atomic E-state index is 12.7. The van der Waals surface area contributed by atoms with Crippen molar-refractivity contribution in [3.05, 3.63) is 21.9 Å². The largest absolute Gasteiger partial charge is 0.338 e. The molecule has 4 nitrogen and oxygen atoms in total. The number of hydrogen-bond donors (Lipinski definition) is 0. The Labute approximate surface area is 135 Å². The van der Waals surface area contributed by atoms with E-state index in [1.54, 1.807) is 11.3 Å². The summed E-state index contributed by atoms with van der Waals surface area (Å²) in [4.78, 5) is 29.1. The summed E-state index contributed by atoms with van der Waals surface area (Å²) in [5, 5.41) is 4.00. The third-order valence-electron chi connectivity index (χ3n) is 5.38. The molecule has 2 atom stereocenters. The van der Waals surface area contributed by atoms with E-state index in [1.165, 1.54) is 12.8 Å². The highest BCUT2D eigenvalue weighted by atomic mass is 32.1. The van der Waals surface area contributed by atoms with Gasteiger partial charge in [0.15, 0.2) is 0 Å². The van der Waals surface area contributed by atoms with Crippen LogP contribution in [-0.2, 0) is 4.79 Å². The number of carbonyl (C=O) groups is 2. The van der Waals surface area contributed by atoms with E-state index in [0.717, 1.165) is 37.1 Å². The number of fused-ring (bicyclic) bond motifs is 1. The summed E-state index contributed by atoms with van der Waals surface area (Å²) in [6.45, 7) is 3.60. The van der Waals surface area contributed by atoms with E-state index in [4.69, 9.17) is 0 Å². The zero-order chi connectivity index (χ0) is 15.3. The fourth-order valence-corrected chi connectivity index (χ4v) is 4.88. The molecule has 4 rings (SSSR count). The molecule has 2 saturated heterocycles. The van der Waals surface area contributed by atoms with Crippen LogP contribution in [0.25, 0.3) is 0 Å². The van der Waals surface area contributed by atoms with E-state index in [2.05, 4.69) is 4.90 Å². The topological polar surface area (TPSA) is 40.6 Å². The zero-order valence-electron chi connectivity index (χ0n) is 13.0. The molecule has 2 amide bonds. The lowest BCUT2D eigenvalue weighted by Gasteiger charge is -2.47. The number of hydrogen-bond acceptors (Lipinski definition) is 3. The van der Waals surface area contributed by atoms with Gasteiger partial charge in [-0.3, -0.25) is 9.59 Å². The molecule has 118 valence electrons. The lowest BCUT2D eigenvalue weighted by molar-refractivity contribution is -0.141. The first kappa shape index (κ1) is 14.2. The Hall–Kier alpha value is -1.36. The van der Waals surface area contributed by atoms with E-state index in [0.29, 0.717) is 30.3 Å². The number of piperidine rings is 2. The van der Waals surface area contributed by atoms with Gasteiger partial charge in [0.1, 0.15) is 0 Å². The van der Waals surface area contributed by atoms with Gasteiger partial charge in [-0.05, 0) is 49.5 Å². The predicted molar refractivity (Wildman–Crippen MR) is 86.0 cm³/mol. The number of thiophene rings is 1. The van der Waals surface area contributed by atoms with Crippen LogP contribution in [0.2, 0.25) is 0 Å². The standard InChI is InChI=1S/C17H22N2O2S/c1-11-9-22-10-14(11)17(21)18-7-6-15-12(8-18)2-5-16(20)19(15)13-3-4-13/h9-10,12-13,15H,2-8H2,1H3/t12-,15+/m0/s1. The normalized spacial score (nSPS) is 28.7. The van der Waals surface area contributed by atoms with Crippen molar-refractivity contribution in [2.75, 3.05) is 13.1 Å². The number of amides is 2. The Morgan fingerprint density at radius 2 is 2.05 bits per heavy atom. The van der Waals surface area contributed by atoms with Crippen LogP contribution < -0.4 is 0 Å². The Morgan fingerprint density at radius 1 is 1.23 bits per heavy atom. The fraction of sp³-hybridized carbons (Fsp3) is 0.647. The molecule has 22 heavy (non-hydrogen) atoms. The van der Waals surface area contributed by atoms with Gasteiger partial charge in [-0.15, -0.1) is 0 Å². The molecule has 0 N–H and O–H groups in total. The second-order valence-electron chi connectivity index (χ2n) is 6.91. The smallest absolute Gasteiger partial charge is 0.254 e. The van der Waals surface area contributed by atoms with Crippen molar-refractivity contribution in [3.63, 3.8) is 0 Å². The van der Waals surface area contributed by atoms with Gasteiger partial charge in [0.25, 0.3) is 5.91 Å². The second kappa shape index (κ2) is 5.37. The molecule has 1 saturated carbocycles. The average molecular weight is 318 g/mol. The minimum atomic E-state index is 0.173. The van der Waals surface area contributed by atoms with Crippen LogP contribution in [0, 0.1) is 12.8 Å². The molecule has 0 radical (unpaired) electrons. The Kier molecular flexibility index (Phi) is 3.48. The van der Waals surface area contributed by atoms with Crippen molar-refractivity contribution in [2.45, 2.75) is 51.1 Å². The molecule has 1 aliphatic carbocycles. The van der Waals surface area contributed by atoms with Gasteiger partial charge in [0.05, 0.1) is 5.56 Å². The lowest BCUT2D eigenvalue weighted by Crippen LogP contribution is -2.57. The molecule has 1 aromatic heterocycles. The summed E-state index contributed by atoms with van der Waals surface area (Å²) in [6, 6.07) is 0.878. The molecule has 5 heteroatoms. The van der Waals surface area contributed by atoms with Gasteiger partial charge in [-0.2, -0.15) is 11.3 Å². The van der Waals surface area contributed by atoms with E-state index >= 15 is 0 Å². The SMILES string of the molecule is Cc1cscc1C(=O)N1CC[C@@H]2[C@@H](CCC(=O)N2C2CC2)C1. The number of aryl methyl sites for hydroxylation is 1. The number of nitrogens with zero attached hydrogens (tertiary/aromatic N) is 2. The zero-order valence-corrected chi connectivity index (χ0v) is 13.8. The molecular formula is C17H22N2O2S. The van der Waals surface area contributed by atoms with Gasteiger partial charge in [-0.1, -0.05) is 0 Å². The van der Waals surface area contributed by atoms with Crippen LogP contribution in [0.3, 0.4) is 0 Å². The number of rotatable bonds is 2. The molecule has 0 aromatic carbocycles. The maximum Gasteiger partial charge on any atom is 0.254 e. The fourth-order valence-electron chi connectivity index (χ4n) is 4.05. The van der Waals surface area contributed by atoms with Gasteiger partial charge in [-0.25, -0.2) is 0 Å². The summed E-state index contributed by atoms with van der Waals surface area (Å²) in [6.07, 6.45) is 4.90. The molecule has 0 unspecified atom stereocenters. The van der Waals surface area contributed by atoms with Crippen LogP contribution in [0.4, 0.5) is 0 Å². The number of likely N-dealkylation sites (tertiary alicyclic amines) is 2. The van der Waals surface area contributed by atoms with Gasteiger partial charge < -0.3 is 9.80 Å². The van der Waals surface area contributed by atoms with E-state index in [1.807, 2.05) is 22.6 Å². The molecule has 3 heterocycles. The van der Waals surface area contributed by atoms with Gasteiger partial charge >= 0.3 is 0 Å². The molecule has 0 spiro atoms. The quantitative estimate of drug-likeness (QED) is 0.841. The highest BCUT2D eigenvalue weighted by Crippen LogP contribution is 2.39. The predicted octanol–water partition coefficient (Wildman–Crippen LogP) is 2.67. The molecule has 0 bridgehead atoms. The molecule has 3 fully saturated rings. The minimum Gasteiger partial charge on any atom is -0.338 e. The van der Waals surface area contributed by atoms with Crippen LogP contribution >= 0.6 is 11.3 Å². The van der Waals surface area contributed by atoms with E-state index in [9.17, 15) is 9.59 Å². The van der Waals surface area contributed by atoms with Crippen molar-refractivity contribution in [1.29, 1.82) is 0 Å². The Morgan fingerprint density at radius 3 is 2.73 bits per heavy atom. The van der Waals surface area contributed by atoms with Crippen molar-refractivity contribution < 1.29 is 9.59 Å². The third kappa shape index (κ3) is 2.35. The first-order valence-corrected chi connectivity index (χ1v) is 9.22. The first-order valence-electron chi connectivity index (χ1n) is 8.28. The van der Waals surface area contributed by atoms with Crippen LogP contribution in [0.5, 0.6) is 0 Å². The highest BCUT2D eigenvalue weighted by molar-refractivity contribution is 7.08. The van der Waals surface area contributed by atoms with Crippen molar-refractivity contribution in [3.8, 4) is 0 Å². The van der Waals surface area contributed by atoms with Crippen molar-refractivity contribution in [1.82, 2.24) is 9.80 Å². The third-order valence-corrected chi connectivity index (χ3v) is 6.24. The Bertz CT molecular complexity index is 608. The second-order valence-corrected chi connectivity index (χ2v) is 7.65. The molecule has 3 aliphatic rings. The van der Waals surface area contributed by atoms with Crippen molar-refractivity contribution >= 4 is 23.2 Å². The average Bonchev–Trinajstić information content (AvgIpc) is 3.26. The monoisotopic (exact) mass is 318 g/mol. The summed E-state index contributed by atoms with van der Waals surface area (Å²) in [5.74, 6) is 0.985. The van der Waals surface area contributed by atoms with Crippen LogP contribution in [0.15, 0.2) is 10.8 Å². The van der Waals surface area contributed by atoms with Crippen LogP contribution in [0.1, 0.15) is 48.0 Å². The van der Waals surface area contributed by atoms with E-state index in [-0.39, 0.29) is 5.91 Å². The summed E-state index contributed by atoms with van der Waals surface area (Å²) < 4.78 is 0. The first-order chi connectivity index (χ1) is 10.6. The lowest BCUT2D eigenvalue weighted by atomic mass is 9.83.